The molecule has 0 fully saturated rings. The molecule has 0 bridgehead atoms. The highest BCUT2D eigenvalue weighted by Crippen LogP contribution is 2.58. The molecule has 0 aromatic heterocycles. The van der Waals surface area contributed by atoms with E-state index in [1.54, 1.807) is 11.1 Å². The normalized spacial score (nSPS) is 27.0. The fourth-order valence-electron chi connectivity index (χ4n) is 3.52. The zero-order valence-corrected chi connectivity index (χ0v) is 18.8. The largest absolute Gasteiger partial charge is 0.0858 e. The zero-order chi connectivity index (χ0) is 16.5. The maximum absolute atomic E-state index is 2.78. The Bertz CT molecular complexity index is 567. The van der Waals surface area contributed by atoms with Crippen LogP contribution in [-0.4, -0.2) is 3.42 Å². The van der Waals surface area contributed by atoms with Crippen molar-refractivity contribution in [2.24, 2.45) is 0 Å². The molecule has 22 heavy (non-hydrogen) atoms. The van der Waals surface area contributed by atoms with Crippen LogP contribution in [0.5, 0.6) is 0 Å². The molecule has 0 nitrogen and oxygen atoms in total. The molecule has 0 spiro atoms. The number of allylic oxidation sites excluding steroid dienone is 2. The maximum Gasteiger partial charge on any atom is 0.0616 e. The highest BCUT2D eigenvalue weighted by atomic mass is 127. The number of hydrogen-bond donors (Lipinski definition) is 0. The van der Waals surface area contributed by atoms with Crippen LogP contribution in [0.1, 0.15) is 76.0 Å². The van der Waals surface area contributed by atoms with Crippen LogP contribution in [0.25, 0.3) is 0 Å². The predicted molar refractivity (Wildman–Crippen MR) is 116 cm³/mol. The van der Waals surface area contributed by atoms with Crippen LogP contribution < -0.4 is 0 Å². The summed E-state index contributed by atoms with van der Waals surface area (Å²) in [5, 5.41) is 0. The molecule has 1 aromatic rings. The Morgan fingerprint density at radius 2 is 2.09 bits per heavy atom. The molecule has 0 saturated heterocycles. The third-order valence-corrected chi connectivity index (χ3v) is 9.88. The van der Waals surface area contributed by atoms with Gasteiger partial charge in [-0.1, -0.05) is 87.5 Å². The van der Waals surface area contributed by atoms with Gasteiger partial charge >= 0.3 is 0 Å². The molecule has 0 heterocycles. The van der Waals surface area contributed by atoms with Gasteiger partial charge in [-0.3, -0.25) is 0 Å². The standard InChI is InChI=1S/C20H28I2/c1-14(2)7-6-11-19(5,21)20(22)12-10-16(4)17-9-8-15(3)13-18(17)20/h7-9,13,16H,6,10-12H2,1-5H3/t16-,19?,20+/m0/s1. The summed E-state index contributed by atoms with van der Waals surface area (Å²) in [5.74, 6) is 0.698. The van der Waals surface area contributed by atoms with E-state index in [1.807, 2.05) is 0 Å². The van der Waals surface area contributed by atoms with Crippen LogP contribution in [0.15, 0.2) is 29.8 Å². The first-order valence-corrected chi connectivity index (χ1v) is 10.5. The smallest absolute Gasteiger partial charge is 0.0616 e. The van der Waals surface area contributed by atoms with Gasteiger partial charge in [-0.2, -0.15) is 0 Å². The van der Waals surface area contributed by atoms with Crippen molar-refractivity contribution >= 4 is 45.2 Å². The maximum atomic E-state index is 2.78. The molecule has 1 aromatic carbocycles. The summed E-state index contributed by atoms with van der Waals surface area (Å²) in [4.78, 5) is 0. The van der Waals surface area contributed by atoms with Gasteiger partial charge in [0.05, 0.1) is 3.42 Å². The second-order valence-electron chi connectivity index (χ2n) is 7.35. The van der Waals surface area contributed by atoms with E-state index in [9.17, 15) is 0 Å². The van der Waals surface area contributed by atoms with E-state index in [1.165, 1.54) is 36.8 Å². The molecule has 122 valence electrons. The van der Waals surface area contributed by atoms with Crippen molar-refractivity contribution in [2.75, 3.05) is 0 Å². The lowest BCUT2D eigenvalue weighted by molar-refractivity contribution is 0.400. The van der Waals surface area contributed by atoms with Crippen LogP contribution in [0.2, 0.25) is 0 Å². The molecule has 0 aliphatic heterocycles. The first-order chi connectivity index (χ1) is 10.2. The molecule has 1 unspecified atom stereocenters. The lowest BCUT2D eigenvalue weighted by atomic mass is 9.71. The lowest BCUT2D eigenvalue weighted by Crippen LogP contribution is -2.43. The Kier molecular flexibility index (Phi) is 6.07. The molecule has 0 amide bonds. The van der Waals surface area contributed by atoms with Gasteiger partial charge in [0.2, 0.25) is 0 Å². The summed E-state index contributed by atoms with van der Waals surface area (Å²) < 4.78 is 0.522. The van der Waals surface area contributed by atoms with Gasteiger partial charge < -0.3 is 0 Å². The van der Waals surface area contributed by atoms with Crippen molar-refractivity contribution in [3.8, 4) is 0 Å². The third-order valence-electron chi connectivity index (χ3n) is 5.08. The number of halogens is 2. The second-order valence-corrected chi connectivity index (χ2v) is 11.6. The van der Waals surface area contributed by atoms with E-state index < -0.39 is 0 Å². The highest BCUT2D eigenvalue weighted by Gasteiger charge is 2.48. The van der Waals surface area contributed by atoms with Crippen molar-refractivity contribution in [3.63, 3.8) is 0 Å². The molecule has 2 heteroatoms. The van der Waals surface area contributed by atoms with E-state index in [0.717, 1.165) is 0 Å². The quantitative estimate of drug-likeness (QED) is 0.219. The Labute approximate surface area is 163 Å². The second kappa shape index (κ2) is 7.12. The molecule has 2 rings (SSSR count). The highest BCUT2D eigenvalue weighted by molar-refractivity contribution is 14.1. The Hall–Kier alpha value is 0.420. The Morgan fingerprint density at radius 1 is 1.41 bits per heavy atom. The average molecular weight is 522 g/mol. The fourth-order valence-corrected chi connectivity index (χ4v) is 5.44. The summed E-state index contributed by atoms with van der Waals surface area (Å²) in [6, 6.07) is 7.12. The lowest BCUT2D eigenvalue weighted by Gasteiger charge is -2.47. The monoisotopic (exact) mass is 522 g/mol. The number of fused-ring (bicyclic) bond motifs is 1. The van der Waals surface area contributed by atoms with Crippen molar-refractivity contribution in [1.82, 2.24) is 0 Å². The van der Waals surface area contributed by atoms with Gasteiger partial charge in [-0.15, -0.1) is 0 Å². The Morgan fingerprint density at radius 3 is 2.73 bits per heavy atom. The van der Waals surface area contributed by atoms with E-state index in [2.05, 4.69) is 104 Å². The van der Waals surface area contributed by atoms with Gasteiger partial charge in [-0.05, 0) is 70.4 Å². The van der Waals surface area contributed by atoms with Gasteiger partial charge in [0.1, 0.15) is 0 Å². The molecule has 1 aliphatic carbocycles. The number of alkyl halides is 2. The molecule has 3 atom stereocenters. The van der Waals surface area contributed by atoms with Crippen molar-refractivity contribution < 1.29 is 0 Å². The molecular formula is C20H28I2. The van der Waals surface area contributed by atoms with Crippen LogP contribution in [0.3, 0.4) is 0 Å². The van der Waals surface area contributed by atoms with Gasteiger partial charge in [-0.25, -0.2) is 0 Å². The minimum absolute atomic E-state index is 0.245. The summed E-state index contributed by atoms with van der Waals surface area (Å²) in [6.07, 6.45) is 7.41. The molecule has 1 aliphatic rings. The van der Waals surface area contributed by atoms with E-state index >= 15 is 0 Å². The van der Waals surface area contributed by atoms with Crippen molar-refractivity contribution in [3.05, 3.63) is 46.5 Å². The zero-order valence-electron chi connectivity index (χ0n) is 14.5. The SMILES string of the molecule is CC(C)=CCCC(C)(I)[C@@]1(I)CC[C@H](C)c2ccc(C)cc21. The number of rotatable bonds is 4. The fraction of sp³-hybridized carbons (Fsp3) is 0.600. The van der Waals surface area contributed by atoms with Crippen LogP contribution >= 0.6 is 45.2 Å². The molecular weight excluding hydrogens is 494 g/mol. The molecule has 0 radical (unpaired) electrons. The van der Waals surface area contributed by atoms with Crippen LogP contribution in [0.4, 0.5) is 0 Å². The topological polar surface area (TPSA) is 0 Å². The molecule has 0 N–H and O–H groups in total. The van der Waals surface area contributed by atoms with Crippen LogP contribution in [-0.2, 0) is 3.42 Å². The summed E-state index contributed by atoms with van der Waals surface area (Å²) in [6.45, 7) is 11.5. The van der Waals surface area contributed by atoms with Crippen molar-refractivity contribution in [1.29, 1.82) is 0 Å². The van der Waals surface area contributed by atoms with Gasteiger partial charge in [0.25, 0.3) is 0 Å². The number of benzene rings is 1. The first kappa shape index (κ1) is 18.8. The first-order valence-electron chi connectivity index (χ1n) is 8.29. The average Bonchev–Trinajstić information content (AvgIpc) is 2.42. The third kappa shape index (κ3) is 3.73. The van der Waals surface area contributed by atoms with Crippen molar-refractivity contribution in [2.45, 2.75) is 73.1 Å². The summed E-state index contributed by atoms with van der Waals surface area (Å²) >= 11 is 5.52. The Balaban J connectivity index is 2.39. The number of hydrogen-bond acceptors (Lipinski definition) is 0. The van der Waals surface area contributed by atoms with E-state index in [-0.39, 0.29) is 6.84 Å². The summed E-state index contributed by atoms with van der Waals surface area (Å²) in [7, 11) is 0. The number of aryl methyl sites for hydroxylation is 1. The molecule has 0 saturated carbocycles. The van der Waals surface area contributed by atoms with Crippen LogP contribution in [0, 0.1) is 6.92 Å². The van der Waals surface area contributed by atoms with Gasteiger partial charge in [0.15, 0.2) is 0 Å². The van der Waals surface area contributed by atoms with E-state index in [0.29, 0.717) is 5.92 Å². The summed E-state index contributed by atoms with van der Waals surface area (Å²) in [5.41, 5.74) is 6.01. The van der Waals surface area contributed by atoms with Gasteiger partial charge in [0, 0.05) is 3.42 Å². The van der Waals surface area contributed by atoms with E-state index in [4.69, 9.17) is 0 Å². The predicted octanol–water partition coefficient (Wildman–Crippen LogP) is 7.46. The minimum atomic E-state index is 0.245. The minimum Gasteiger partial charge on any atom is -0.0858 e.